The van der Waals surface area contributed by atoms with E-state index in [1.807, 2.05) is 12.1 Å². The van der Waals surface area contributed by atoms with E-state index in [4.69, 9.17) is 16.9 Å². The number of hydrogen-bond donors (Lipinski definition) is 1. The zero-order valence-electron chi connectivity index (χ0n) is 9.98. The number of nitriles is 1. The van der Waals surface area contributed by atoms with Gasteiger partial charge in [0.2, 0.25) is 0 Å². The van der Waals surface area contributed by atoms with Crippen LogP contribution in [0.1, 0.15) is 29.0 Å². The summed E-state index contributed by atoms with van der Waals surface area (Å²) in [4.78, 5) is 1.31. The first-order valence-corrected chi connectivity index (χ1v) is 6.92. The first-order chi connectivity index (χ1) is 8.70. The topological polar surface area (TPSA) is 35.8 Å². The van der Waals surface area contributed by atoms with Crippen LogP contribution in [0.2, 0.25) is 5.02 Å². The summed E-state index contributed by atoms with van der Waals surface area (Å²) in [5.41, 5.74) is 1.61. The van der Waals surface area contributed by atoms with Crippen molar-refractivity contribution in [2.75, 3.05) is 0 Å². The van der Waals surface area contributed by atoms with Crippen molar-refractivity contribution >= 4 is 22.9 Å². The Morgan fingerprint density at radius 2 is 2.28 bits per heavy atom. The number of halogens is 1. The Labute approximate surface area is 116 Å². The molecule has 0 radical (unpaired) electrons. The summed E-state index contributed by atoms with van der Waals surface area (Å²) >= 11 is 7.87. The Morgan fingerprint density at radius 1 is 1.44 bits per heavy atom. The lowest BCUT2D eigenvalue weighted by Gasteiger charge is -2.13. The molecule has 92 valence electrons. The molecule has 0 saturated heterocycles. The van der Waals surface area contributed by atoms with Gasteiger partial charge in [-0.05, 0) is 36.1 Å². The van der Waals surface area contributed by atoms with E-state index in [2.05, 4.69) is 29.8 Å². The van der Waals surface area contributed by atoms with Gasteiger partial charge in [-0.1, -0.05) is 23.7 Å². The minimum Gasteiger partial charge on any atom is -0.305 e. The number of rotatable bonds is 4. The SMILES string of the molecule is C[C@H](NCc1ccc(C#N)cc1Cl)c1cccs1. The average molecular weight is 277 g/mol. The summed E-state index contributed by atoms with van der Waals surface area (Å²) in [6, 6.07) is 11.9. The van der Waals surface area contributed by atoms with Crippen LogP contribution in [0.4, 0.5) is 0 Å². The average Bonchev–Trinajstić information content (AvgIpc) is 2.90. The van der Waals surface area contributed by atoms with Crippen LogP contribution >= 0.6 is 22.9 Å². The molecule has 2 aromatic rings. The smallest absolute Gasteiger partial charge is 0.0992 e. The van der Waals surface area contributed by atoms with E-state index >= 15 is 0 Å². The first kappa shape index (κ1) is 13.1. The third-order valence-electron chi connectivity index (χ3n) is 2.75. The predicted molar refractivity (Wildman–Crippen MR) is 75.7 cm³/mol. The van der Waals surface area contributed by atoms with Gasteiger partial charge in [-0.15, -0.1) is 11.3 Å². The van der Waals surface area contributed by atoms with E-state index in [0.29, 0.717) is 23.2 Å². The molecule has 1 aromatic carbocycles. The third-order valence-corrected chi connectivity index (χ3v) is 4.16. The van der Waals surface area contributed by atoms with Gasteiger partial charge in [-0.25, -0.2) is 0 Å². The van der Waals surface area contributed by atoms with Crippen molar-refractivity contribution < 1.29 is 0 Å². The Balaban J connectivity index is 2.00. The molecule has 1 heterocycles. The molecule has 0 aliphatic carbocycles. The summed E-state index contributed by atoms with van der Waals surface area (Å²) in [5, 5.41) is 14.9. The van der Waals surface area contributed by atoms with Crippen LogP contribution in [-0.4, -0.2) is 0 Å². The lowest BCUT2D eigenvalue weighted by Crippen LogP contribution is -2.17. The number of nitrogens with zero attached hydrogens (tertiary/aromatic N) is 1. The van der Waals surface area contributed by atoms with Crippen LogP contribution in [0.25, 0.3) is 0 Å². The lowest BCUT2D eigenvalue weighted by molar-refractivity contribution is 0.583. The molecule has 1 N–H and O–H groups in total. The van der Waals surface area contributed by atoms with Crippen LogP contribution in [-0.2, 0) is 6.54 Å². The normalized spacial score (nSPS) is 12.1. The molecule has 4 heteroatoms. The van der Waals surface area contributed by atoms with E-state index in [9.17, 15) is 0 Å². The molecule has 18 heavy (non-hydrogen) atoms. The van der Waals surface area contributed by atoms with Gasteiger partial charge in [0.1, 0.15) is 0 Å². The fourth-order valence-electron chi connectivity index (χ4n) is 1.66. The molecule has 2 rings (SSSR count). The number of thiophene rings is 1. The molecular formula is C14H13ClN2S. The fraction of sp³-hybridized carbons (Fsp3) is 0.214. The van der Waals surface area contributed by atoms with Crippen molar-refractivity contribution in [3.63, 3.8) is 0 Å². The van der Waals surface area contributed by atoms with Crippen molar-refractivity contribution in [2.45, 2.75) is 19.5 Å². The van der Waals surface area contributed by atoms with Crippen molar-refractivity contribution in [3.8, 4) is 6.07 Å². The highest BCUT2D eigenvalue weighted by molar-refractivity contribution is 7.10. The maximum Gasteiger partial charge on any atom is 0.0992 e. The molecular weight excluding hydrogens is 264 g/mol. The van der Waals surface area contributed by atoms with Crippen LogP contribution in [0.3, 0.4) is 0 Å². The molecule has 0 aliphatic heterocycles. The van der Waals surface area contributed by atoms with Crippen molar-refractivity contribution in [1.82, 2.24) is 5.32 Å². The Hall–Kier alpha value is -1.34. The van der Waals surface area contributed by atoms with Gasteiger partial charge in [0.05, 0.1) is 11.6 Å². The molecule has 2 nitrogen and oxygen atoms in total. The van der Waals surface area contributed by atoms with Gasteiger partial charge in [-0.3, -0.25) is 0 Å². The number of benzene rings is 1. The monoisotopic (exact) mass is 276 g/mol. The second kappa shape index (κ2) is 6.01. The zero-order valence-corrected chi connectivity index (χ0v) is 11.6. The molecule has 0 amide bonds. The summed E-state index contributed by atoms with van der Waals surface area (Å²) in [5.74, 6) is 0. The number of hydrogen-bond acceptors (Lipinski definition) is 3. The van der Waals surface area contributed by atoms with E-state index in [-0.39, 0.29) is 0 Å². The maximum absolute atomic E-state index is 8.77. The minimum atomic E-state index is 0.303. The van der Waals surface area contributed by atoms with E-state index in [0.717, 1.165) is 5.56 Å². The lowest BCUT2D eigenvalue weighted by atomic mass is 10.1. The first-order valence-electron chi connectivity index (χ1n) is 5.66. The van der Waals surface area contributed by atoms with E-state index < -0.39 is 0 Å². The van der Waals surface area contributed by atoms with Gasteiger partial charge in [0.15, 0.2) is 0 Å². The quantitative estimate of drug-likeness (QED) is 0.912. The highest BCUT2D eigenvalue weighted by atomic mass is 35.5. The summed E-state index contributed by atoms with van der Waals surface area (Å²) in [6.45, 7) is 2.83. The standard InChI is InChI=1S/C14H13ClN2S/c1-10(14-3-2-6-18-14)17-9-12-5-4-11(8-16)7-13(12)15/h2-7,10,17H,9H2,1H3/t10-/m0/s1. The molecule has 0 saturated carbocycles. The predicted octanol–water partition coefficient (Wildman–Crippen LogP) is 4.12. The second-order valence-corrected chi connectivity index (χ2v) is 5.42. The van der Waals surface area contributed by atoms with Crippen LogP contribution in [0, 0.1) is 11.3 Å². The Morgan fingerprint density at radius 3 is 2.89 bits per heavy atom. The second-order valence-electron chi connectivity index (χ2n) is 4.04. The van der Waals surface area contributed by atoms with Gasteiger partial charge in [0.25, 0.3) is 0 Å². The molecule has 0 spiro atoms. The fourth-order valence-corrected chi connectivity index (χ4v) is 2.67. The molecule has 1 atom stereocenters. The molecule has 1 aromatic heterocycles. The van der Waals surface area contributed by atoms with Crippen molar-refractivity contribution in [1.29, 1.82) is 5.26 Å². The van der Waals surface area contributed by atoms with Crippen molar-refractivity contribution in [3.05, 3.63) is 56.7 Å². The van der Waals surface area contributed by atoms with Gasteiger partial charge in [-0.2, -0.15) is 5.26 Å². The zero-order chi connectivity index (χ0) is 13.0. The summed E-state index contributed by atoms with van der Waals surface area (Å²) in [7, 11) is 0. The largest absolute Gasteiger partial charge is 0.305 e. The Kier molecular flexibility index (Phi) is 4.38. The van der Waals surface area contributed by atoms with Gasteiger partial charge >= 0.3 is 0 Å². The highest BCUT2D eigenvalue weighted by Gasteiger charge is 2.07. The van der Waals surface area contributed by atoms with Gasteiger partial charge < -0.3 is 5.32 Å². The Bertz CT molecular complexity index is 558. The third kappa shape index (κ3) is 3.11. The summed E-state index contributed by atoms with van der Waals surface area (Å²) in [6.07, 6.45) is 0. The van der Waals surface area contributed by atoms with E-state index in [1.54, 1.807) is 23.5 Å². The van der Waals surface area contributed by atoms with Crippen LogP contribution in [0.15, 0.2) is 35.7 Å². The maximum atomic E-state index is 8.77. The summed E-state index contributed by atoms with van der Waals surface area (Å²) < 4.78 is 0. The number of nitrogens with one attached hydrogen (secondary N) is 1. The molecule has 0 unspecified atom stereocenters. The van der Waals surface area contributed by atoms with Crippen molar-refractivity contribution in [2.24, 2.45) is 0 Å². The molecule has 0 bridgehead atoms. The van der Waals surface area contributed by atoms with Crippen LogP contribution in [0.5, 0.6) is 0 Å². The van der Waals surface area contributed by atoms with Crippen LogP contribution < -0.4 is 5.32 Å². The molecule has 0 fully saturated rings. The highest BCUT2D eigenvalue weighted by Crippen LogP contribution is 2.21. The van der Waals surface area contributed by atoms with Gasteiger partial charge in [0, 0.05) is 22.5 Å². The minimum absolute atomic E-state index is 0.303. The molecule has 0 aliphatic rings. The van der Waals surface area contributed by atoms with E-state index in [1.165, 1.54) is 4.88 Å².